The number of ether oxygens (including phenoxy) is 3. The Balaban J connectivity index is 0.000000770. The molecule has 0 bridgehead atoms. The van der Waals surface area contributed by atoms with Crippen LogP contribution in [0, 0.1) is 19.3 Å². The number of aliphatic hydroxyl groups is 1. The minimum Gasteiger partial charge on any atom is -1.00 e. The molecule has 2 fully saturated rings. The molecule has 2 aliphatic rings. The van der Waals surface area contributed by atoms with E-state index in [4.69, 9.17) is 14.2 Å². The molecule has 0 saturated carbocycles. The minimum atomic E-state index is -0.591. The van der Waals surface area contributed by atoms with Crippen LogP contribution in [0.2, 0.25) is 0 Å². The van der Waals surface area contributed by atoms with E-state index in [1.54, 1.807) is 33.2 Å². The molecular weight excluding hydrogens is 629 g/mol. The molecule has 2 aromatic carbocycles. The Bertz CT molecular complexity index is 1150. The number of hydrogen-bond donors (Lipinski definition) is 1. The summed E-state index contributed by atoms with van der Waals surface area (Å²) >= 11 is 0. The van der Waals surface area contributed by atoms with Gasteiger partial charge < -0.3 is 53.5 Å². The summed E-state index contributed by atoms with van der Waals surface area (Å²) < 4.78 is 15.2. The molecule has 2 heterocycles. The second-order valence-corrected chi connectivity index (χ2v) is 10.5. The van der Waals surface area contributed by atoms with E-state index in [1.165, 1.54) is 0 Å². The van der Waals surface area contributed by atoms with Gasteiger partial charge in [0.15, 0.2) is 0 Å². The summed E-state index contributed by atoms with van der Waals surface area (Å²) in [5, 5.41) is 9.98. The molecule has 2 aliphatic heterocycles. The quantitative estimate of drug-likeness (QED) is 0.295. The van der Waals surface area contributed by atoms with Crippen LogP contribution in [0.25, 0.3) is 0 Å². The van der Waals surface area contributed by atoms with E-state index >= 15 is 0 Å². The van der Waals surface area contributed by atoms with Gasteiger partial charge in [-0.05, 0) is 56.2 Å². The van der Waals surface area contributed by atoms with Crippen molar-refractivity contribution in [2.45, 2.75) is 51.8 Å². The molecule has 2 amide bonds. The van der Waals surface area contributed by atoms with Crippen molar-refractivity contribution in [2.24, 2.45) is 11.8 Å². The molecule has 0 aliphatic carbocycles. The van der Waals surface area contributed by atoms with E-state index in [0.717, 1.165) is 22.6 Å². The molecule has 2 saturated heterocycles. The monoisotopic (exact) mass is 672 g/mol. The number of rotatable bonds is 10. The summed E-state index contributed by atoms with van der Waals surface area (Å²) in [6.07, 6.45) is 0.132. The Morgan fingerprint density at radius 3 is 1.63 bits per heavy atom. The van der Waals surface area contributed by atoms with E-state index in [9.17, 15) is 19.5 Å². The average Bonchev–Trinajstić information content (AvgIpc) is 3.55. The largest absolute Gasteiger partial charge is 2.00 e. The number of amides is 2. The van der Waals surface area contributed by atoms with Gasteiger partial charge in [0, 0.05) is 44.9 Å². The number of ketones is 1. The van der Waals surface area contributed by atoms with E-state index < -0.39 is 6.10 Å². The number of likely N-dealkylation sites (tertiary alicyclic amines) is 2. The summed E-state index contributed by atoms with van der Waals surface area (Å²) in [4.78, 5) is 39.2. The van der Waals surface area contributed by atoms with Gasteiger partial charge in [-0.2, -0.15) is 0 Å². The first-order chi connectivity index (χ1) is 19.1. The molecule has 43 heavy (non-hydrogen) atoms. The molecule has 1 N–H and O–H groups in total. The van der Waals surface area contributed by atoms with Crippen LogP contribution >= 0.6 is 0 Å². The van der Waals surface area contributed by atoms with E-state index in [1.807, 2.05) is 67.3 Å². The summed E-state index contributed by atoms with van der Waals surface area (Å²) in [5.41, 5.74) is 2.12. The Morgan fingerprint density at radius 1 is 0.837 bits per heavy atom. The van der Waals surface area contributed by atoms with Crippen LogP contribution in [0.3, 0.4) is 0 Å². The maximum absolute atomic E-state index is 12.2. The second kappa shape index (κ2) is 19.3. The molecule has 11 heteroatoms. The minimum absolute atomic E-state index is 0. The zero-order chi connectivity index (χ0) is 29.4. The van der Waals surface area contributed by atoms with E-state index in [0.29, 0.717) is 25.9 Å². The van der Waals surface area contributed by atoms with Gasteiger partial charge >= 0.3 is 23.1 Å². The summed E-state index contributed by atoms with van der Waals surface area (Å²) in [6.45, 7) is 6.91. The Hall–Kier alpha value is -2.18. The van der Waals surface area contributed by atoms with Gasteiger partial charge in [-0.1, -0.05) is 24.3 Å². The number of hydrogen-bond acceptors (Lipinski definition) is 7. The van der Waals surface area contributed by atoms with Crippen LogP contribution in [0.15, 0.2) is 48.5 Å². The van der Waals surface area contributed by atoms with Crippen molar-refractivity contribution < 1.29 is 50.7 Å². The van der Waals surface area contributed by atoms with Gasteiger partial charge in [0.05, 0.1) is 39.0 Å². The van der Waals surface area contributed by atoms with Crippen molar-refractivity contribution in [2.75, 3.05) is 41.0 Å². The second-order valence-electron chi connectivity index (χ2n) is 10.5. The Labute approximate surface area is 283 Å². The zero-order valence-electron chi connectivity index (χ0n) is 26.4. The van der Waals surface area contributed by atoms with Gasteiger partial charge in [0.1, 0.15) is 17.3 Å². The molecule has 0 aromatic heterocycles. The van der Waals surface area contributed by atoms with Crippen LogP contribution in [0.5, 0.6) is 11.5 Å². The first kappa shape index (κ1) is 40.8. The number of methoxy groups -OCH3 is 3. The van der Waals surface area contributed by atoms with Crippen molar-refractivity contribution in [3.8, 4) is 11.5 Å². The van der Waals surface area contributed by atoms with E-state index in [2.05, 4.69) is 0 Å². The topological polar surface area (TPSA) is 106 Å². The number of carbonyl (C=O) groups is 3. The first-order valence-electron chi connectivity index (χ1n) is 13.6. The van der Waals surface area contributed by atoms with Crippen molar-refractivity contribution in [3.63, 3.8) is 0 Å². The maximum Gasteiger partial charge on any atom is 2.00 e. The number of benzene rings is 2. The SMILES string of the molecule is COCC(O)[C@H]1CC(=O)N([C@@H](C)c2ccc(OC)cc2)C1.COc1ccc([C@H](C)N2C[C@@H](C(C)=O)CC2=O)cc1.[Br-].[CH3-].[Mg+2]. The van der Waals surface area contributed by atoms with Gasteiger partial charge in [0.25, 0.3) is 0 Å². The predicted molar refractivity (Wildman–Crippen MR) is 163 cm³/mol. The predicted octanol–water partition coefficient (Wildman–Crippen LogP) is 0.879. The van der Waals surface area contributed by atoms with Crippen molar-refractivity contribution >= 4 is 40.7 Å². The standard InChI is InChI=1S/C16H23NO4.C15H19NO3.CH3.BrH.Mg/c1-11(12-4-6-14(21-3)7-5-12)17-9-13(8-16(17)19)15(18)10-20-2;1-10(12-4-6-14(19-3)7-5-12)16-9-13(11(2)17)8-15(16)18;;;/h4-7,11,13,15,18H,8-10H2,1-3H3;4-7,10,13H,8-9H2,1-3H3;1H3;1H;/q;;-1;;+2/p-1/t11-,13-,15?;10-,13-;;;/m00.../s1. The summed E-state index contributed by atoms with van der Waals surface area (Å²) in [6, 6.07) is 15.4. The Kier molecular flexibility index (Phi) is 18.3. The number of halogens is 1. The van der Waals surface area contributed by atoms with Crippen LogP contribution in [0.1, 0.15) is 56.8 Å². The fraction of sp³-hybridized carbons (Fsp3) is 0.500. The number of Topliss-reactive ketones (excluding diaryl/α,β-unsaturated/α-hetero) is 1. The average molecular weight is 674 g/mol. The molecule has 1 unspecified atom stereocenters. The van der Waals surface area contributed by atoms with Crippen molar-refractivity contribution in [3.05, 3.63) is 67.1 Å². The molecule has 0 spiro atoms. The Morgan fingerprint density at radius 2 is 1.26 bits per heavy atom. The molecular formula is C32H45BrMgN2O7. The maximum atomic E-state index is 12.2. The van der Waals surface area contributed by atoms with Gasteiger partial charge in [-0.25, -0.2) is 0 Å². The van der Waals surface area contributed by atoms with Crippen molar-refractivity contribution in [1.29, 1.82) is 0 Å². The first-order valence-corrected chi connectivity index (χ1v) is 13.6. The number of aliphatic hydroxyl groups excluding tert-OH is 1. The molecule has 2 aromatic rings. The van der Waals surface area contributed by atoms with Gasteiger partial charge in [-0.15, -0.1) is 0 Å². The molecule has 234 valence electrons. The third-order valence-electron chi connectivity index (χ3n) is 7.93. The van der Waals surface area contributed by atoms with Crippen molar-refractivity contribution in [1.82, 2.24) is 9.80 Å². The van der Waals surface area contributed by atoms with E-state index in [-0.39, 0.29) is 95.6 Å². The molecule has 0 radical (unpaired) electrons. The molecule has 5 atom stereocenters. The van der Waals surface area contributed by atoms with Crippen LogP contribution in [-0.4, -0.2) is 103 Å². The molecule has 9 nitrogen and oxygen atoms in total. The third-order valence-corrected chi connectivity index (χ3v) is 7.93. The number of carbonyl (C=O) groups excluding carboxylic acids is 3. The van der Waals surface area contributed by atoms with Crippen LogP contribution in [-0.2, 0) is 19.1 Å². The van der Waals surface area contributed by atoms with Crippen LogP contribution < -0.4 is 26.5 Å². The summed E-state index contributed by atoms with van der Waals surface area (Å²) in [5.74, 6) is 1.63. The molecule has 4 rings (SSSR count). The summed E-state index contributed by atoms with van der Waals surface area (Å²) in [7, 11) is 4.81. The fourth-order valence-corrected chi connectivity index (χ4v) is 5.20. The number of nitrogens with zero attached hydrogens (tertiary/aromatic N) is 2. The third kappa shape index (κ3) is 10.7. The van der Waals surface area contributed by atoms with Crippen LogP contribution in [0.4, 0.5) is 0 Å². The smallest absolute Gasteiger partial charge is 1.00 e. The fourth-order valence-electron chi connectivity index (χ4n) is 5.20. The normalized spacial score (nSPS) is 19.5. The van der Waals surface area contributed by atoms with Gasteiger partial charge in [0.2, 0.25) is 11.8 Å². The zero-order valence-corrected chi connectivity index (χ0v) is 29.4. The van der Waals surface area contributed by atoms with Gasteiger partial charge in [-0.3, -0.25) is 14.4 Å².